The van der Waals surface area contributed by atoms with E-state index in [1.54, 1.807) is 18.2 Å². The van der Waals surface area contributed by atoms with E-state index in [9.17, 15) is 22.4 Å². The molecule has 0 saturated carbocycles. The molecule has 3 aromatic rings. The lowest BCUT2D eigenvalue weighted by molar-refractivity contribution is -0.137. The number of halogens is 4. The van der Waals surface area contributed by atoms with Gasteiger partial charge in [0.15, 0.2) is 0 Å². The van der Waals surface area contributed by atoms with Crippen LogP contribution in [0.3, 0.4) is 0 Å². The molecule has 0 radical (unpaired) electrons. The van der Waals surface area contributed by atoms with Crippen LogP contribution in [0, 0.1) is 5.82 Å². The van der Waals surface area contributed by atoms with Crippen LogP contribution in [0.4, 0.5) is 29.1 Å². The molecule has 1 saturated heterocycles. The van der Waals surface area contributed by atoms with Gasteiger partial charge >= 0.3 is 6.18 Å². The van der Waals surface area contributed by atoms with E-state index < -0.39 is 17.6 Å². The first kappa shape index (κ1) is 23.7. The van der Waals surface area contributed by atoms with Gasteiger partial charge in [-0.1, -0.05) is 12.1 Å². The van der Waals surface area contributed by atoms with Gasteiger partial charge in [-0.3, -0.25) is 9.69 Å². The number of anilines is 2. The third-order valence-electron chi connectivity index (χ3n) is 5.69. The summed E-state index contributed by atoms with van der Waals surface area (Å²) in [5.74, 6) is 0.0369. The number of nitrogens with zero attached hydrogens (tertiary/aromatic N) is 3. The molecule has 9 heteroatoms. The number of rotatable bonds is 5. The van der Waals surface area contributed by atoms with Gasteiger partial charge < -0.3 is 10.2 Å². The van der Waals surface area contributed by atoms with Crippen LogP contribution in [0.25, 0.3) is 0 Å². The Morgan fingerprint density at radius 1 is 0.971 bits per heavy atom. The topological polar surface area (TPSA) is 48.5 Å². The maximum absolute atomic E-state index is 13.4. The predicted octanol–water partition coefficient (Wildman–Crippen LogP) is 5.20. The molecule has 5 nitrogen and oxygen atoms in total. The first-order valence-electron chi connectivity index (χ1n) is 10.9. The summed E-state index contributed by atoms with van der Waals surface area (Å²) in [5.41, 5.74) is 0.723. The summed E-state index contributed by atoms with van der Waals surface area (Å²) >= 11 is 0. The number of alkyl halides is 3. The Balaban J connectivity index is 1.33. The Labute approximate surface area is 195 Å². The van der Waals surface area contributed by atoms with Gasteiger partial charge in [0.1, 0.15) is 11.6 Å². The number of amides is 1. The van der Waals surface area contributed by atoms with Crippen LogP contribution in [0.15, 0.2) is 66.9 Å². The highest BCUT2D eigenvalue weighted by Gasteiger charge is 2.30. The van der Waals surface area contributed by atoms with Crippen LogP contribution >= 0.6 is 0 Å². The van der Waals surface area contributed by atoms with Crippen molar-refractivity contribution in [1.82, 2.24) is 9.88 Å². The molecule has 1 aromatic heterocycles. The fourth-order valence-electron chi connectivity index (χ4n) is 3.91. The Bertz CT molecular complexity index is 1120. The summed E-state index contributed by atoms with van der Waals surface area (Å²) < 4.78 is 51.5. The first-order chi connectivity index (χ1) is 16.3. The molecule has 2 aromatic carbocycles. The first-order valence-corrected chi connectivity index (χ1v) is 10.9. The van der Waals surface area contributed by atoms with Crippen molar-refractivity contribution >= 4 is 17.4 Å². The normalized spacial score (nSPS) is 15.1. The zero-order valence-corrected chi connectivity index (χ0v) is 18.4. The van der Waals surface area contributed by atoms with Gasteiger partial charge in [-0.05, 0) is 60.5 Å². The van der Waals surface area contributed by atoms with Gasteiger partial charge in [0.25, 0.3) is 5.91 Å². The number of aromatic nitrogens is 1. The number of nitrogens with one attached hydrogen (secondary N) is 1. The Hall–Kier alpha value is -3.46. The van der Waals surface area contributed by atoms with Gasteiger partial charge in [0.2, 0.25) is 0 Å². The number of pyridine rings is 1. The zero-order valence-electron chi connectivity index (χ0n) is 18.4. The highest BCUT2D eigenvalue weighted by atomic mass is 19.4. The summed E-state index contributed by atoms with van der Waals surface area (Å²) in [6.07, 6.45) is -1.98. The van der Waals surface area contributed by atoms with Gasteiger partial charge in [-0.25, -0.2) is 9.37 Å². The molecule has 0 aliphatic carbocycles. The van der Waals surface area contributed by atoms with Crippen molar-refractivity contribution in [3.63, 3.8) is 0 Å². The maximum atomic E-state index is 13.4. The molecule has 2 heterocycles. The highest BCUT2D eigenvalue weighted by Crippen LogP contribution is 2.29. The van der Waals surface area contributed by atoms with E-state index in [0.717, 1.165) is 68.2 Å². The summed E-state index contributed by atoms with van der Waals surface area (Å²) in [6, 6.07) is 14.2. The largest absolute Gasteiger partial charge is 0.416 e. The molecule has 4 rings (SSSR count). The molecule has 34 heavy (non-hydrogen) atoms. The van der Waals surface area contributed by atoms with E-state index in [2.05, 4.69) is 20.1 Å². The van der Waals surface area contributed by atoms with Crippen LogP contribution < -0.4 is 10.2 Å². The third-order valence-corrected chi connectivity index (χ3v) is 5.69. The standard InChI is InChI=1S/C25H24F4N4O/c26-21-4-1-3-18(15-21)17-32-11-2-12-33(14-13-32)23-10-9-22(16-30-23)31-24(34)19-5-7-20(8-6-19)25(27,28)29/h1,3-10,15-16H,2,11-14,17H2,(H,31,34). The Morgan fingerprint density at radius 3 is 2.44 bits per heavy atom. The second-order valence-electron chi connectivity index (χ2n) is 8.18. The third kappa shape index (κ3) is 6.11. The summed E-state index contributed by atoms with van der Waals surface area (Å²) in [5, 5.41) is 2.66. The number of benzene rings is 2. The second kappa shape index (κ2) is 10.2. The molecule has 0 spiro atoms. The van der Waals surface area contributed by atoms with Crippen molar-refractivity contribution in [1.29, 1.82) is 0 Å². The van der Waals surface area contributed by atoms with Crippen molar-refractivity contribution in [3.05, 3.63) is 89.4 Å². The van der Waals surface area contributed by atoms with Crippen molar-refractivity contribution in [2.24, 2.45) is 0 Å². The van der Waals surface area contributed by atoms with Crippen molar-refractivity contribution in [2.75, 3.05) is 36.4 Å². The molecule has 1 N–H and O–H groups in total. The van der Waals surface area contributed by atoms with Gasteiger partial charge in [0.05, 0.1) is 17.4 Å². The lowest BCUT2D eigenvalue weighted by atomic mass is 10.1. The van der Waals surface area contributed by atoms with E-state index in [1.165, 1.54) is 12.3 Å². The van der Waals surface area contributed by atoms with Crippen LogP contribution in [0.1, 0.15) is 27.9 Å². The summed E-state index contributed by atoms with van der Waals surface area (Å²) in [6.45, 7) is 3.98. The SMILES string of the molecule is O=C(Nc1ccc(N2CCCN(Cc3cccc(F)c3)CC2)nc1)c1ccc(C(F)(F)F)cc1. The van der Waals surface area contributed by atoms with Crippen molar-refractivity contribution < 1.29 is 22.4 Å². The van der Waals surface area contributed by atoms with E-state index >= 15 is 0 Å². The van der Waals surface area contributed by atoms with Crippen LogP contribution in [-0.2, 0) is 12.7 Å². The molecule has 1 amide bonds. The number of carbonyl (C=O) groups excluding carboxylic acids is 1. The smallest absolute Gasteiger partial charge is 0.355 e. The molecule has 0 bridgehead atoms. The van der Waals surface area contributed by atoms with Crippen molar-refractivity contribution in [2.45, 2.75) is 19.1 Å². The molecule has 1 aliphatic rings. The average molecular weight is 472 g/mol. The average Bonchev–Trinajstić information content (AvgIpc) is 3.05. The monoisotopic (exact) mass is 472 g/mol. The van der Waals surface area contributed by atoms with E-state index in [-0.39, 0.29) is 11.4 Å². The predicted molar refractivity (Wildman–Crippen MR) is 122 cm³/mol. The fourth-order valence-corrected chi connectivity index (χ4v) is 3.91. The molecule has 1 fully saturated rings. The van der Waals surface area contributed by atoms with E-state index in [1.807, 2.05) is 12.1 Å². The molecule has 178 valence electrons. The maximum Gasteiger partial charge on any atom is 0.416 e. The molecule has 0 atom stereocenters. The van der Waals surface area contributed by atoms with Gasteiger partial charge in [0, 0.05) is 38.3 Å². The molecular weight excluding hydrogens is 448 g/mol. The Kier molecular flexibility index (Phi) is 7.12. The fraction of sp³-hybridized carbons (Fsp3) is 0.280. The van der Waals surface area contributed by atoms with Crippen LogP contribution in [0.5, 0.6) is 0 Å². The minimum absolute atomic E-state index is 0.128. The number of hydrogen-bond donors (Lipinski definition) is 1. The minimum Gasteiger partial charge on any atom is -0.355 e. The zero-order chi connectivity index (χ0) is 24.1. The van der Waals surface area contributed by atoms with Gasteiger partial charge in [-0.15, -0.1) is 0 Å². The van der Waals surface area contributed by atoms with Crippen LogP contribution in [-0.4, -0.2) is 42.0 Å². The molecule has 1 aliphatic heterocycles. The highest BCUT2D eigenvalue weighted by molar-refractivity contribution is 6.04. The van der Waals surface area contributed by atoms with Gasteiger partial charge in [-0.2, -0.15) is 13.2 Å². The Morgan fingerprint density at radius 2 is 1.76 bits per heavy atom. The lowest BCUT2D eigenvalue weighted by Crippen LogP contribution is -2.31. The second-order valence-corrected chi connectivity index (χ2v) is 8.18. The summed E-state index contributed by atoms with van der Waals surface area (Å²) in [4.78, 5) is 21.3. The number of carbonyl (C=O) groups is 1. The number of hydrogen-bond acceptors (Lipinski definition) is 4. The van der Waals surface area contributed by atoms with E-state index in [4.69, 9.17) is 0 Å². The summed E-state index contributed by atoms with van der Waals surface area (Å²) in [7, 11) is 0. The quantitative estimate of drug-likeness (QED) is 0.519. The van der Waals surface area contributed by atoms with Crippen LogP contribution in [0.2, 0.25) is 0 Å². The lowest BCUT2D eigenvalue weighted by Gasteiger charge is -2.23. The molecular formula is C25H24F4N4O. The van der Waals surface area contributed by atoms with Crippen molar-refractivity contribution in [3.8, 4) is 0 Å². The minimum atomic E-state index is -4.45. The van der Waals surface area contributed by atoms with E-state index in [0.29, 0.717) is 12.2 Å². The molecule has 0 unspecified atom stereocenters.